The van der Waals surface area contributed by atoms with E-state index in [0.29, 0.717) is 5.75 Å². The average Bonchev–Trinajstić information content (AvgIpc) is 2.46. The van der Waals surface area contributed by atoms with Crippen LogP contribution in [0.3, 0.4) is 0 Å². The van der Waals surface area contributed by atoms with Crippen LogP contribution < -0.4 is 4.74 Å². The van der Waals surface area contributed by atoms with Gasteiger partial charge in [0.15, 0.2) is 16.6 Å². The molecule has 1 rings (SSSR count). The molecule has 1 aromatic carbocycles. The van der Waals surface area contributed by atoms with Gasteiger partial charge in [0.2, 0.25) is 0 Å². The molecule has 0 spiro atoms. The molecule has 6 nitrogen and oxygen atoms in total. The van der Waals surface area contributed by atoms with Gasteiger partial charge in [-0.05, 0) is 12.5 Å². The second-order valence-corrected chi connectivity index (χ2v) is 5.64. The van der Waals surface area contributed by atoms with Crippen molar-refractivity contribution in [2.45, 2.75) is 25.6 Å². The minimum Gasteiger partial charge on any atom is -0.504 e. The van der Waals surface area contributed by atoms with Crippen LogP contribution in [0.4, 0.5) is 0 Å². The number of carbonyl (C=O) groups excluding carboxylic acids is 1. The number of benzene rings is 1. The van der Waals surface area contributed by atoms with Gasteiger partial charge in [0.05, 0.1) is 24.8 Å². The zero-order valence-electron chi connectivity index (χ0n) is 11.7. The van der Waals surface area contributed by atoms with Gasteiger partial charge in [-0.3, -0.25) is 4.79 Å². The summed E-state index contributed by atoms with van der Waals surface area (Å²) in [4.78, 5) is 10.8. The lowest BCUT2D eigenvalue weighted by Gasteiger charge is -2.20. The van der Waals surface area contributed by atoms with Crippen molar-refractivity contribution >= 4 is 16.9 Å². The third-order valence-corrected chi connectivity index (χ3v) is 3.70. The van der Waals surface area contributed by atoms with Crippen molar-refractivity contribution in [3.63, 3.8) is 0 Å². The molecule has 0 aliphatic carbocycles. The summed E-state index contributed by atoms with van der Waals surface area (Å²) in [5.41, 5.74) is 0.218. The Bertz CT molecular complexity index is 555. The Labute approximate surface area is 127 Å². The maximum absolute atomic E-state index is 10.8. The van der Waals surface area contributed by atoms with Crippen LogP contribution in [0.2, 0.25) is 0 Å². The van der Waals surface area contributed by atoms with Crippen LogP contribution in [-0.2, 0) is 4.79 Å². The van der Waals surface area contributed by atoms with Crippen molar-refractivity contribution in [3.8, 4) is 17.6 Å². The zero-order valence-corrected chi connectivity index (χ0v) is 12.6. The van der Waals surface area contributed by atoms with E-state index in [-0.39, 0.29) is 34.2 Å². The summed E-state index contributed by atoms with van der Waals surface area (Å²) in [6, 6.07) is 4.52. The highest BCUT2D eigenvalue weighted by Gasteiger charge is 2.24. The van der Waals surface area contributed by atoms with Crippen LogP contribution >= 0.6 is 11.8 Å². The molecule has 0 saturated heterocycles. The van der Waals surface area contributed by atoms with Crippen molar-refractivity contribution < 1.29 is 24.9 Å². The van der Waals surface area contributed by atoms with Crippen LogP contribution in [0, 0.1) is 11.3 Å². The Morgan fingerprint density at radius 1 is 1.48 bits per heavy atom. The largest absolute Gasteiger partial charge is 0.504 e. The fraction of sp³-hybridized carbons (Fsp3) is 0.429. The monoisotopic (exact) mass is 311 g/mol. The number of rotatable bonds is 6. The zero-order chi connectivity index (χ0) is 16.0. The molecule has 1 aromatic rings. The Hall–Kier alpha value is -1.75. The van der Waals surface area contributed by atoms with Gasteiger partial charge in [-0.25, -0.2) is 0 Å². The first kappa shape index (κ1) is 17.3. The van der Waals surface area contributed by atoms with Gasteiger partial charge in [-0.1, -0.05) is 11.8 Å². The number of carbonyl (C=O) groups is 1. The summed E-state index contributed by atoms with van der Waals surface area (Å²) < 4.78 is 4.93. The van der Waals surface area contributed by atoms with Crippen molar-refractivity contribution in [2.75, 3.05) is 12.9 Å². The van der Waals surface area contributed by atoms with Crippen molar-refractivity contribution in [1.82, 2.24) is 0 Å². The number of phenolic OH excluding ortho intramolecular Hbond substituents is 1. The van der Waals surface area contributed by atoms with Gasteiger partial charge >= 0.3 is 0 Å². The fourth-order valence-corrected chi connectivity index (χ4v) is 2.41. The molecule has 0 saturated carbocycles. The topological polar surface area (TPSA) is 111 Å². The molecular weight excluding hydrogens is 294 g/mol. The van der Waals surface area contributed by atoms with E-state index >= 15 is 0 Å². The van der Waals surface area contributed by atoms with Crippen LogP contribution in [-0.4, -0.2) is 39.4 Å². The van der Waals surface area contributed by atoms with E-state index in [4.69, 9.17) is 10.00 Å². The smallest absolute Gasteiger partial charge is 0.185 e. The second-order valence-electron chi connectivity index (χ2n) is 4.37. The molecule has 2 atom stereocenters. The fourth-order valence-electron chi connectivity index (χ4n) is 1.76. The summed E-state index contributed by atoms with van der Waals surface area (Å²) in [6.45, 7) is 1.42. The number of phenols is 1. The molecule has 0 fully saturated rings. The number of aliphatic hydroxyl groups excluding tert-OH is 2. The van der Waals surface area contributed by atoms with Gasteiger partial charge in [-0.2, -0.15) is 5.26 Å². The molecule has 0 heterocycles. The number of methoxy groups -OCH3 is 1. The standard InChI is InChI=1S/C14H17NO5S/c1-8(16)21-4-3-11(17)13(18)10-5-9(7-15)6-12(20-2)14(10)19/h5-6,11,13,17-19H,3-4H2,1-2H3. The first-order chi connectivity index (χ1) is 9.90. The van der Waals surface area contributed by atoms with E-state index in [1.807, 2.05) is 6.07 Å². The summed E-state index contributed by atoms with van der Waals surface area (Å²) in [5, 5.41) is 38.9. The van der Waals surface area contributed by atoms with Crippen LogP contribution in [0.5, 0.6) is 11.5 Å². The van der Waals surface area contributed by atoms with Gasteiger partial charge in [-0.15, -0.1) is 0 Å². The number of aliphatic hydroxyl groups is 2. The molecular formula is C14H17NO5S. The molecule has 2 unspecified atom stereocenters. The first-order valence-electron chi connectivity index (χ1n) is 6.21. The minimum atomic E-state index is -1.38. The van der Waals surface area contributed by atoms with Crippen LogP contribution in [0.15, 0.2) is 12.1 Å². The highest BCUT2D eigenvalue weighted by Crippen LogP contribution is 2.36. The highest BCUT2D eigenvalue weighted by molar-refractivity contribution is 8.13. The van der Waals surface area contributed by atoms with Crippen LogP contribution in [0.25, 0.3) is 0 Å². The lowest BCUT2D eigenvalue weighted by molar-refractivity contribution is -0.109. The normalized spacial score (nSPS) is 13.3. The third-order valence-electron chi connectivity index (χ3n) is 2.86. The molecule has 21 heavy (non-hydrogen) atoms. The molecule has 0 bridgehead atoms. The number of nitriles is 1. The quantitative estimate of drug-likeness (QED) is 0.727. The molecule has 0 aromatic heterocycles. The summed E-state index contributed by atoms with van der Waals surface area (Å²) >= 11 is 1.04. The van der Waals surface area contributed by atoms with E-state index in [2.05, 4.69) is 0 Å². The highest BCUT2D eigenvalue weighted by atomic mass is 32.2. The van der Waals surface area contributed by atoms with E-state index < -0.39 is 12.2 Å². The predicted molar refractivity (Wildman–Crippen MR) is 78.1 cm³/mol. The van der Waals surface area contributed by atoms with Gasteiger partial charge in [0.1, 0.15) is 6.10 Å². The van der Waals surface area contributed by atoms with E-state index in [1.165, 1.54) is 26.2 Å². The number of ether oxygens (including phenoxy) is 1. The predicted octanol–water partition coefficient (Wildman–Crippen LogP) is 1.34. The Balaban J connectivity index is 2.93. The van der Waals surface area contributed by atoms with E-state index in [1.54, 1.807) is 0 Å². The van der Waals surface area contributed by atoms with Gasteiger partial charge < -0.3 is 20.1 Å². The van der Waals surface area contributed by atoms with Gasteiger partial charge in [0.25, 0.3) is 0 Å². The number of nitrogens with zero attached hydrogens (tertiary/aromatic N) is 1. The summed E-state index contributed by atoms with van der Waals surface area (Å²) in [6.07, 6.45) is -2.37. The molecule has 0 aliphatic heterocycles. The first-order valence-corrected chi connectivity index (χ1v) is 7.19. The lowest BCUT2D eigenvalue weighted by Crippen LogP contribution is -2.19. The number of aromatic hydroxyl groups is 1. The second kappa shape index (κ2) is 7.88. The molecule has 0 aliphatic rings. The molecule has 0 radical (unpaired) electrons. The van der Waals surface area contributed by atoms with E-state index in [9.17, 15) is 20.1 Å². The average molecular weight is 311 g/mol. The third kappa shape index (κ3) is 4.63. The van der Waals surface area contributed by atoms with Crippen LogP contribution in [0.1, 0.15) is 30.6 Å². The minimum absolute atomic E-state index is 0.0197. The van der Waals surface area contributed by atoms with Crippen molar-refractivity contribution in [3.05, 3.63) is 23.3 Å². The summed E-state index contributed by atoms with van der Waals surface area (Å²) in [7, 11) is 1.33. The maximum Gasteiger partial charge on any atom is 0.185 e. The maximum atomic E-state index is 10.8. The Kier molecular flexibility index (Phi) is 6.49. The van der Waals surface area contributed by atoms with E-state index in [0.717, 1.165) is 11.8 Å². The molecule has 7 heteroatoms. The SMILES string of the molecule is COc1cc(C#N)cc(C(O)C(O)CCSC(C)=O)c1O. The number of hydrogen-bond donors (Lipinski definition) is 3. The molecule has 114 valence electrons. The van der Waals surface area contributed by atoms with Crippen molar-refractivity contribution in [1.29, 1.82) is 5.26 Å². The Morgan fingerprint density at radius 3 is 2.67 bits per heavy atom. The Morgan fingerprint density at radius 2 is 2.14 bits per heavy atom. The number of thioether (sulfide) groups is 1. The lowest BCUT2D eigenvalue weighted by atomic mass is 9.99. The van der Waals surface area contributed by atoms with Gasteiger partial charge in [0, 0.05) is 24.3 Å². The summed E-state index contributed by atoms with van der Waals surface area (Å²) in [5.74, 6) is 0.0827. The van der Waals surface area contributed by atoms with Crippen molar-refractivity contribution in [2.24, 2.45) is 0 Å². The number of hydrogen-bond acceptors (Lipinski definition) is 7. The molecule has 0 amide bonds. The molecule has 3 N–H and O–H groups in total.